The standard InChI is InChI=1S/C11H11Br2N3O/c1-16-10(11(13)14-15-16)9(17)6-7-4-2-3-5-8(7)12/h2-5,9,17H,6H2,1H3. The van der Waals surface area contributed by atoms with Crippen molar-refractivity contribution in [2.75, 3.05) is 0 Å². The summed E-state index contributed by atoms with van der Waals surface area (Å²) in [6.45, 7) is 0. The number of aliphatic hydroxyl groups excluding tert-OH is 1. The molecule has 2 aromatic rings. The van der Waals surface area contributed by atoms with Gasteiger partial charge in [-0.2, -0.15) is 0 Å². The third-order valence-electron chi connectivity index (χ3n) is 2.51. The molecule has 90 valence electrons. The molecule has 0 bridgehead atoms. The van der Waals surface area contributed by atoms with Crippen molar-refractivity contribution in [1.82, 2.24) is 15.0 Å². The van der Waals surface area contributed by atoms with Crippen LogP contribution in [0.5, 0.6) is 0 Å². The molecule has 0 amide bonds. The van der Waals surface area contributed by atoms with E-state index in [1.807, 2.05) is 24.3 Å². The van der Waals surface area contributed by atoms with Crippen LogP contribution < -0.4 is 0 Å². The Morgan fingerprint density at radius 3 is 2.65 bits per heavy atom. The van der Waals surface area contributed by atoms with E-state index >= 15 is 0 Å². The van der Waals surface area contributed by atoms with Gasteiger partial charge in [-0.1, -0.05) is 39.3 Å². The Morgan fingerprint density at radius 2 is 2.06 bits per heavy atom. The summed E-state index contributed by atoms with van der Waals surface area (Å²) in [5.41, 5.74) is 1.73. The topological polar surface area (TPSA) is 50.9 Å². The summed E-state index contributed by atoms with van der Waals surface area (Å²) in [5.74, 6) is 0. The first-order valence-corrected chi connectivity index (χ1v) is 6.64. The number of benzene rings is 1. The summed E-state index contributed by atoms with van der Waals surface area (Å²) in [6, 6.07) is 7.83. The van der Waals surface area contributed by atoms with Crippen LogP contribution in [0.15, 0.2) is 33.3 Å². The monoisotopic (exact) mass is 359 g/mol. The maximum absolute atomic E-state index is 10.2. The maximum atomic E-state index is 10.2. The Labute approximate surface area is 116 Å². The number of aryl methyl sites for hydroxylation is 1. The zero-order chi connectivity index (χ0) is 12.4. The third-order valence-corrected chi connectivity index (χ3v) is 3.85. The van der Waals surface area contributed by atoms with Crippen molar-refractivity contribution in [3.63, 3.8) is 0 Å². The van der Waals surface area contributed by atoms with E-state index in [1.165, 1.54) is 0 Å². The fourth-order valence-corrected chi connectivity index (χ4v) is 2.70. The van der Waals surface area contributed by atoms with Gasteiger partial charge in [0.15, 0.2) is 4.60 Å². The molecule has 0 saturated carbocycles. The highest BCUT2D eigenvalue weighted by atomic mass is 79.9. The first kappa shape index (κ1) is 12.7. The SMILES string of the molecule is Cn1nnc(Br)c1C(O)Cc1ccccc1Br. The predicted molar refractivity (Wildman–Crippen MR) is 71.5 cm³/mol. The maximum Gasteiger partial charge on any atom is 0.154 e. The van der Waals surface area contributed by atoms with Crippen LogP contribution in [-0.2, 0) is 13.5 Å². The second kappa shape index (κ2) is 5.29. The number of rotatable bonds is 3. The summed E-state index contributed by atoms with van der Waals surface area (Å²) in [6.07, 6.45) is -0.121. The van der Waals surface area contributed by atoms with Crippen molar-refractivity contribution in [2.24, 2.45) is 7.05 Å². The lowest BCUT2D eigenvalue weighted by atomic mass is 10.1. The molecule has 0 aliphatic heterocycles. The van der Waals surface area contributed by atoms with Crippen LogP contribution in [-0.4, -0.2) is 20.1 Å². The third kappa shape index (κ3) is 2.75. The lowest BCUT2D eigenvalue weighted by molar-refractivity contribution is 0.167. The molecular weight excluding hydrogens is 350 g/mol. The van der Waals surface area contributed by atoms with Crippen LogP contribution in [0.3, 0.4) is 0 Å². The molecular formula is C11H11Br2N3O. The molecule has 0 aliphatic carbocycles. The predicted octanol–water partition coefficient (Wildman–Crippen LogP) is 2.62. The second-order valence-corrected chi connectivity index (χ2v) is 5.31. The number of aromatic nitrogens is 3. The Bertz CT molecular complexity index is 508. The van der Waals surface area contributed by atoms with E-state index in [-0.39, 0.29) is 0 Å². The number of hydrogen-bond donors (Lipinski definition) is 1. The van der Waals surface area contributed by atoms with Crippen molar-refractivity contribution in [3.05, 3.63) is 44.6 Å². The van der Waals surface area contributed by atoms with Gasteiger partial charge in [0, 0.05) is 17.9 Å². The number of aliphatic hydroxyl groups is 1. The summed E-state index contributed by atoms with van der Waals surface area (Å²) in [4.78, 5) is 0. The number of halogens is 2. The Hall–Kier alpha value is -0.720. The summed E-state index contributed by atoms with van der Waals surface area (Å²) >= 11 is 6.75. The Kier molecular flexibility index (Phi) is 3.96. The van der Waals surface area contributed by atoms with Crippen LogP contribution in [0, 0.1) is 0 Å². The van der Waals surface area contributed by atoms with Crippen molar-refractivity contribution >= 4 is 31.9 Å². The van der Waals surface area contributed by atoms with E-state index in [0.717, 1.165) is 10.0 Å². The normalized spacial score (nSPS) is 12.7. The Balaban J connectivity index is 2.23. The molecule has 0 saturated heterocycles. The first-order valence-electron chi connectivity index (χ1n) is 5.06. The van der Waals surface area contributed by atoms with Crippen LogP contribution in [0.4, 0.5) is 0 Å². The molecule has 0 radical (unpaired) electrons. The number of nitrogens with zero attached hydrogens (tertiary/aromatic N) is 3. The molecule has 1 aromatic carbocycles. The molecule has 0 aliphatic rings. The molecule has 1 atom stereocenters. The zero-order valence-corrected chi connectivity index (χ0v) is 12.3. The lowest BCUT2D eigenvalue weighted by Crippen LogP contribution is -2.08. The summed E-state index contributed by atoms with van der Waals surface area (Å²) in [5, 5.41) is 17.9. The fourth-order valence-electron chi connectivity index (χ4n) is 1.66. The molecule has 1 unspecified atom stereocenters. The zero-order valence-electron chi connectivity index (χ0n) is 9.14. The van der Waals surface area contributed by atoms with Gasteiger partial charge in [0.05, 0.1) is 0 Å². The molecule has 0 spiro atoms. The van der Waals surface area contributed by atoms with Crippen molar-refractivity contribution in [1.29, 1.82) is 0 Å². The van der Waals surface area contributed by atoms with E-state index < -0.39 is 6.10 Å². The van der Waals surface area contributed by atoms with E-state index in [0.29, 0.717) is 16.7 Å². The quantitative estimate of drug-likeness (QED) is 0.915. The smallest absolute Gasteiger partial charge is 0.154 e. The van der Waals surface area contributed by atoms with Crippen molar-refractivity contribution in [2.45, 2.75) is 12.5 Å². The van der Waals surface area contributed by atoms with Crippen LogP contribution in [0.1, 0.15) is 17.4 Å². The van der Waals surface area contributed by atoms with Crippen LogP contribution in [0.25, 0.3) is 0 Å². The van der Waals surface area contributed by atoms with E-state index in [1.54, 1.807) is 11.7 Å². The average Bonchev–Trinajstić information content (AvgIpc) is 2.62. The summed E-state index contributed by atoms with van der Waals surface area (Å²) in [7, 11) is 1.76. The van der Waals surface area contributed by atoms with Gasteiger partial charge in [0.2, 0.25) is 0 Å². The molecule has 2 rings (SSSR count). The molecule has 0 fully saturated rings. The van der Waals surface area contributed by atoms with Gasteiger partial charge >= 0.3 is 0 Å². The van der Waals surface area contributed by atoms with Gasteiger partial charge in [0.1, 0.15) is 11.8 Å². The minimum Gasteiger partial charge on any atom is -0.386 e. The van der Waals surface area contributed by atoms with Crippen molar-refractivity contribution in [3.8, 4) is 0 Å². The lowest BCUT2D eigenvalue weighted by Gasteiger charge is -2.12. The molecule has 1 aromatic heterocycles. The van der Waals surface area contributed by atoms with E-state index in [4.69, 9.17) is 0 Å². The van der Waals surface area contributed by atoms with E-state index in [9.17, 15) is 5.11 Å². The molecule has 4 nitrogen and oxygen atoms in total. The van der Waals surface area contributed by atoms with Crippen molar-refractivity contribution < 1.29 is 5.11 Å². The number of hydrogen-bond acceptors (Lipinski definition) is 3. The van der Waals surface area contributed by atoms with Gasteiger partial charge in [0.25, 0.3) is 0 Å². The van der Waals surface area contributed by atoms with Gasteiger partial charge < -0.3 is 5.11 Å². The van der Waals surface area contributed by atoms with Gasteiger partial charge in [-0.05, 0) is 27.6 Å². The minimum atomic E-state index is -0.636. The highest BCUT2D eigenvalue weighted by molar-refractivity contribution is 9.10. The van der Waals surface area contributed by atoms with Crippen LogP contribution in [0.2, 0.25) is 0 Å². The Morgan fingerprint density at radius 1 is 1.35 bits per heavy atom. The highest BCUT2D eigenvalue weighted by Gasteiger charge is 2.18. The first-order chi connectivity index (χ1) is 8.09. The molecule has 17 heavy (non-hydrogen) atoms. The van der Waals surface area contributed by atoms with Gasteiger partial charge in [-0.25, -0.2) is 4.68 Å². The highest BCUT2D eigenvalue weighted by Crippen LogP contribution is 2.26. The fraction of sp³-hybridized carbons (Fsp3) is 0.273. The minimum absolute atomic E-state index is 0.515. The largest absolute Gasteiger partial charge is 0.386 e. The molecule has 1 N–H and O–H groups in total. The summed E-state index contributed by atoms with van der Waals surface area (Å²) < 4.78 is 3.15. The van der Waals surface area contributed by atoms with Gasteiger partial charge in [-0.3, -0.25) is 0 Å². The van der Waals surface area contributed by atoms with E-state index in [2.05, 4.69) is 42.2 Å². The molecule has 6 heteroatoms. The average molecular weight is 361 g/mol. The van der Waals surface area contributed by atoms with Gasteiger partial charge in [-0.15, -0.1) is 5.10 Å². The molecule has 1 heterocycles. The van der Waals surface area contributed by atoms with Crippen LogP contribution >= 0.6 is 31.9 Å². The second-order valence-electron chi connectivity index (χ2n) is 3.70.